The molecule has 154 valence electrons. The fourth-order valence-electron chi connectivity index (χ4n) is 3.70. The number of aromatic nitrogens is 2. The number of hydrogen-bond donors (Lipinski definition) is 1. The quantitative estimate of drug-likeness (QED) is 0.518. The Labute approximate surface area is 174 Å². The number of hydrogen-bond acceptors (Lipinski definition) is 5. The van der Waals surface area contributed by atoms with E-state index in [1.165, 1.54) is 12.3 Å². The first-order valence-corrected chi connectivity index (χ1v) is 9.98. The third kappa shape index (κ3) is 3.96. The molecule has 3 heterocycles. The number of likely N-dealkylation sites (tertiary alicyclic amines) is 1. The monoisotopic (exact) mass is 405 g/mol. The molecule has 30 heavy (non-hydrogen) atoms. The highest BCUT2D eigenvalue weighted by atomic mass is 16.5. The summed E-state index contributed by atoms with van der Waals surface area (Å²) >= 11 is 0. The summed E-state index contributed by atoms with van der Waals surface area (Å²) in [6.45, 7) is 4.81. The maximum absolute atomic E-state index is 12.7. The van der Waals surface area contributed by atoms with Gasteiger partial charge in [-0.2, -0.15) is 0 Å². The van der Waals surface area contributed by atoms with Crippen LogP contribution >= 0.6 is 0 Å². The molecule has 0 radical (unpaired) electrons. The Morgan fingerprint density at radius 1 is 1.10 bits per heavy atom. The second-order valence-electron chi connectivity index (χ2n) is 7.63. The molecule has 1 N–H and O–H groups in total. The van der Waals surface area contributed by atoms with E-state index in [1.807, 2.05) is 25.1 Å². The fourth-order valence-corrected chi connectivity index (χ4v) is 3.70. The number of benzene rings is 1. The molecular formula is C23H23N3O4. The van der Waals surface area contributed by atoms with Crippen molar-refractivity contribution in [1.82, 2.24) is 14.9 Å². The standard InChI is InChI=1S/C23H23N3O4/c1-14-5-6-19-17(9-14)18(10-15(2)25-19)23(29)30-13-21(27)16-11-20(24-12-16)22(28)26-7-3-4-8-26/h5-6,9-12,24H,3-4,7-8,13H2,1-2H3. The molecule has 7 nitrogen and oxygen atoms in total. The molecule has 3 aromatic rings. The molecule has 7 heteroatoms. The van der Waals surface area contributed by atoms with E-state index in [-0.39, 0.29) is 11.7 Å². The van der Waals surface area contributed by atoms with Gasteiger partial charge >= 0.3 is 5.97 Å². The van der Waals surface area contributed by atoms with E-state index >= 15 is 0 Å². The number of Topliss-reactive ketones (excluding diaryl/α,β-unsaturated/α-hetero) is 1. The molecule has 1 aliphatic rings. The largest absolute Gasteiger partial charge is 0.454 e. The second kappa shape index (κ2) is 8.10. The maximum Gasteiger partial charge on any atom is 0.339 e. The van der Waals surface area contributed by atoms with Crippen molar-refractivity contribution in [1.29, 1.82) is 0 Å². The normalized spacial score (nSPS) is 13.6. The first-order chi connectivity index (χ1) is 14.4. The minimum absolute atomic E-state index is 0.113. The van der Waals surface area contributed by atoms with Gasteiger partial charge in [-0.1, -0.05) is 11.6 Å². The first-order valence-electron chi connectivity index (χ1n) is 9.98. The molecule has 0 unspecified atom stereocenters. The van der Waals surface area contributed by atoms with Crippen LogP contribution in [0.2, 0.25) is 0 Å². The summed E-state index contributed by atoms with van der Waals surface area (Å²) in [5.74, 6) is -1.06. The molecule has 1 aromatic carbocycles. The predicted molar refractivity (Wildman–Crippen MR) is 112 cm³/mol. The number of aromatic amines is 1. The van der Waals surface area contributed by atoms with Gasteiger partial charge in [-0.25, -0.2) is 4.79 Å². The lowest BCUT2D eigenvalue weighted by molar-refractivity contribution is 0.0476. The van der Waals surface area contributed by atoms with E-state index in [0.29, 0.717) is 33.4 Å². The smallest absolute Gasteiger partial charge is 0.339 e. The number of carbonyl (C=O) groups excluding carboxylic acids is 3. The Bertz CT molecular complexity index is 1140. The lowest BCUT2D eigenvalue weighted by Gasteiger charge is -2.13. The minimum Gasteiger partial charge on any atom is -0.454 e. The predicted octanol–water partition coefficient (Wildman–Crippen LogP) is 3.46. The van der Waals surface area contributed by atoms with Crippen molar-refractivity contribution in [2.24, 2.45) is 0 Å². The molecule has 1 saturated heterocycles. The number of nitrogens with one attached hydrogen (secondary N) is 1. The molecule has 0 atom stereocenters. The topological polar surface area (TPSA) is 92.4 Å². The van der Waals surface area contributed by atoms with Gasteiger partial charge in [0.25, 0.3) is 5.91 Å². The molecule has 0 saturated carbocycles. The highest BCUT2D eigenvalue weighted by molar-refractivity contribution is 6.06. The Kier molecular flexibility index (Phi) is 5.35. The lowest BCUT2D eigenvalue weighted by Crippen LogP contribution is -2.27. The van der Waals surface area contributed by atoms with Crippen molar-refractivity contribution in [2.45, 2.75) is 26.7 Å². The Balaban J connectivity index is 1.46. The second-order valence-corrected chi connectivity index (χ2v) is 7.63. The van der Waals surface area contributed by atoms with Crippen LogP contribution in [-0.2, 0) is 4.74 Å². The van der Waals surface area contributed by atoms with Crippen LogP contribution < -0.4 is 0 Å². The van der Waals surface area contributed by atoms with Crippen molar-refractivity contribution in [3.05, 3.63) is 64.6 Å². The van der Waals surface area contributed by atoms with Gasteiger partial charge in [0.15, 0.2) is 6.61 Å². The van der Waals surface area contributed by atoms with Crippen molar-refractivity contribution >= 4 is 28.6 Å². The molecule has 1 aliphatic heterocycles. The van der Waals surface area contributed by atoms with Crippen LogP contribution in [0.25, 0.3) is 10.9 Å². The minimum atomic E-state index is -0.576. The number of carbonyl (C=O) groups is 3. The van der Waals surface area contributed by atoms with Gasteiger partial charge in [0.05, 0.1) is 11.1 Å². The van der Waals surface area contributed by atoms with Crippen LogP contribution in [0.5, 0.6) is 0 Å². The van der Waals surface area contributed by atoms with Crippen LogP contribution in [0.15, 0.2) is 36.5 Å². The Hall–Kier alpha value is -3.48. The van der Waals surface area contributed by atoms with E-state index in [4.69, 9.17) is 4.74 Å². The summed E-state index contributed by atoms with van der Waals surface area (Å²) in [7, 11) is 0. The fraction of sp³-hybridized carbons (Fsp3) is 0.304. The van der Waals surface area contributed by atoms with Crippen LogP contribution in [0, 0.1) is 13.8 Å². The average molecular weight is 405 g/mol. The van der Waals surface area contributed by atoms with Crippen molar-refractivity contribution < 1.29 is 19.1 Å². The summed E-state index contributed by atoms with van der Waals surface area (Å²) in [6.07, 6.45) is 3.47. The van der Waals surface area contributed by atoms with Crippen molar-refractivity contribution in [3.63, 3.8) is 0 Å². The van der Waals surface area contributed by atoms with Crippen molar-refractivity contribution in [2.75, 3.05) is 19.7 Å². The van der Waals surface area contributed by atoms with E-state index < -0.39 is 12.6 Å². The highest BCUT2D eigenvalue weighted by Gasteiger charge is 2.22. The zero-order chi connectivity index (χ0) is 21.3. The van der Waals surface area contributed by atoms with Crippen LogP contribution in [0.1, 0.15) is 55.3 Å². The molecular weight excluding hydrogens is 382 g/mol. The number of nitrogens with zero attached hydrogens (tertiary/aromatic N) is 2. The molecule has 2 aromatic heterocycles. The van der Waals surface area contributed by atoms with Gasteiger partial charge in [0.1, 0.15) is 5.69 Å². The molecule has 0 spiro atoms. The molecule has 0 aliphatic carbocycles. The van der Waals surface area contributed by atoms with E-state index in [0.717, 1.165) is 31.5 Å². The Morgan fingerprint density at radius 2 is 1.87 bits per heavy atom. The number of ketones is 1. The number of fused-ring (bicyclic) bond motifs is 1. The number of esters is 1. The zero-order valence-electron chi connectivity index (χ0n) is 17.0. The number of ether oxygens (including phenoxy) is 1. The third-order valence-corrected chi connectivity index (χ3v) is 5.28. The summed E-state index contributed by atoms with van der Waals surface area (Å²) in [4.78, 5) is 46.6. The first kappa shape index (κ1) is 19.8. The SMILES string of the molecule is Cc1ccc2nc(C)cc(C(=O)OCC(=O)c3c[nH]c(C(=O)N4CCCC4)c3)c2c1. The van der Waals surface area contributed by atoms with E-state index in [2.05, 4.69) is 9.97 Å². The zero-order valence-corrected chi connectivity index (χ0v) is 17.0. The third-order valence-electron chi connectivity index (χ3n) is 5.28. The molecule has 4 rings (SSSR count). The van der Waals surface area contributed by atoms with E-state index in [9.17, 15) is 14.4 Å². The molecule has 1 amide bonds. The number of H-pyrrole nitrogens is 1. The van der Waals surface area contributed by atoms with Crippen LogP contribution in [0.4, 0.5) is 0 Å². The van der Waals surface area contributed by atoms with Gasteiger partial charge in [0, 0.05) is 35.9 Å². The van der Waals surface area contributed by atoms with Gasteiger partial charge in [-0.15, -0.1) is 0 Å². The van der Waals surface area contributed by atoms with Gasteiger partial charge in [-0.3, -0.25) is 14.6 Å². The van der Waals surface area contributed by atoms with Gasteiger partial charge < -0.3 is 14.6 Å². The number of rotatable bonds is 5. The van der Waals surface area contributed by atoms with Gasteiger partial charge in [-0.05, 0) is 51.0 Å². The van der Waals surface area contributed by atoms with Crippen molar-refractivity contribution in [3.8, 4) is 0 Å². The lowest BCUT2D eigenvalue weighted by atomic mass is 10.1. The number of amides is 1. The molecule has 0 bridgehead atoms. The molecule has 1 fully saturated rings. The van der Waals surface area contributed by atoms with Crippen LogP contribution in [0.3, 0.4) is 0 Å². The average Bonchev–Trinajstić information content (AvgIpc) is 3.43. The Morgan fingerprint density at radius 3 is 2.63 bits per heavy atom. The van der Waals surface area contributed by atoms with Crippen LogP contribution in [-0.4, -0.2) is 52.2 Å². The number of pyridine rings is 1. The summed E-state index contributed by atoms with van der Waals surface area (Å²) in [6, 6.07) is 8.85. The summed E-state index contributed by atoms with van der Waals surface area (Å²) < 4.78 is 5.29. The van der Waals surface area contributed by atoms with E-state index in [1.54, 1.807) is 17.9 Å². The highest BCUT2D eigenvalue weighted by Crippen LogP contribution is 2.21. The maximum atomic E-state index is 12.7. The number of aryl methyl sites for hydroxylation is 2. The summed E-state index contributed by atoms with van der Waals surface area (Å²) in [5.41, 5.74) is 3.47. The summed E-state index contributed by atoms with van der Waals surface area (Å²) in [5, 5.41) is 0.693. The van der Waals surface area contributed by atoms with Gasteiger partial charge in [0.2, 0.25) is 5.78 Å².